The van der Waals surface area contributed by atoms with Crippen molar-refractivity contribution in [1.82, 2.24) is 9.55 Å². The molecule has 0 atom stereocenters. The molecule has 0 spiro atoms. The molecule has 139 valence electrons. The summed E-state index contributed by atoms with van der Waals surface area (Å²) >= 11 is 0. The van der Waals surface area contributed by atoms with Crippen molar-refractivity contribution in [2.75, 3.05) is 0 Å². The number of nitrogens with zero attached hydrogens (tertiary/aromatic N) is 2. The van der Waals surface area contributed by atoms with E-state index >= 15 is 0 Å². The summed E-state index contributed by atoms with van der Waals surface area (Å²) in [5.41, 5.74) is 4.41. The van der Waals surface area contributed by atoms with Crippen molar-refractivity contribution in [3.8, 4) is 5.69 Å². The Hall–Kier alpha value is -2.75. The molecule has 2 heterocycles. The Kier molecular flexibility index (Phi) is 7.05. The van der Waals surface area contributed by atoms with Gasteiger partial charge in [-0.3, -0.25) is 4.79 Å². The molecule has 0 saturated heterocycles. The fraction of sp³-hybridized carbons (Fsp3) is 0.0909. The van der Waals surface area contributed by atoms with E-state index in [4.69, 9.17) is 5.11 Å². The number of allylic oxidation sites excluding steroid dienone is 2. The summed E-state index contributed by atoms with van der Waals surface area (Å²) in [5.74, 6) is -0.0625. The largest absolute Gasteiger partial charge is 0.512 e. The molecule has 0 aliphatic rings. The number of ketones is 1. The van der Waals surface area contributed by atoms with Crippen LogP contribution in [0.15, 0.2) is 78.7 Å². The summed E-state index contributed by atoms with van der Waals surface area (Å²) in [5, 5.41) is 9.43. The number of aliphatic hydroxyl groups excluding tert-OH is 1. The fourth-order valence-corrected chi connectivity index (χ4v) is 2.85. The second-order valence-corrected chi connectivity index (χ2v) is 5.87. The molecule has 0 fully saturated rings. The number of aromatic nitrogens is 2. The van der Waals surface area contributed by atoms with E-state index in [2.05, 4.69) is 52.0 Å². The molecule has 2 aromatic carbocycles. The van der Waals surface area contributed by atoms with E-state index in [-0.39, 0.29) is 31.6 Å². The van der Waals surface area contributed by atoms with Gasteiger partial charge >= 0.3 is 0 Å². The molecule has 1 radical (unpaired) electrons. The number of carbonyl (C=O) groups is 1. The smallest absolute Gasteiger partial charge is 0.155 e. The molecule has 0 amide bonds. The van der Waals surface area contributed by atoms with Crippen molar-refractivity contribution in [1.29, 1.82) is 0 Å². The first-order valence-electron chi connectivity index (χ1n) is 8.27. The van der Waals surface area contributed by atoms with E-state index in [0.29, 0.717) is 0 Å². The van der Waals surface area contributed by atoms with Gasteiger partial charge in [-0.25, -0.2) is 0 Å². The number of fused-ring (bicyclic) bond motifs is 3. The Bertz CT molecular complexity index is 1030. The Morgan fingerprint density at radius 1 is 1.04 bits per heavy atom. The molecule has 0 saturated carbocycles. The maximum absolute atomic E-state index is 10.0. The maximum atomic E-state index is 10.0. The number of aliphatic hydroxyl groups is 1. The molecule has 27 heavy (non-hydrogen) atoms. The molecule has 4 nitrogen and oxygen atoms in total. The molecule has 0 unspecified atom stereocenters. The number of pyridine rings is 1. The summed E-state index contributed by atoms with van der Waals surface area (Å²) in [4.78, 5) is 14.5. The molecule has 0 bridgehead atoms. The van der Waals surface area contributed by atoms with Gasteiger partial charge in [-0.1, -0.05) is 23.6 Å². The molecule has 4 rings (SSSR count). The van der Waals surface area contributed by atoms with E-state index in [1.54, 1.807) is 0 Å². The van der Waals surface area contributed by atoms with Gasteiger partial charge in [0.15, 0.2) is 5.78 Å². The topological polar surface area (TPSA) is 55.1 Å². The van der Waals surface area contributed by atoms with Crippen LogP contribution in [0.25, 0.3) is 27.6 Å². The van der Waals surface area contributed by atoms with E-state index < -0.39 is 0 Å². The third-order valence-corrected chi connectivity index (χ3v) is 3.77. The normalized spacial score (nSPS) is 10.8. The predicted molar refractivity (Wildman–Crippen MR) is 104 cm³/mol. The zero-order chi connectivity index (χ0) is 18.5. The first-order chi connectivity index (χ1) is 12.6. The Balaban J connectivity index is 0.000000285. The standard InChI is InChI=1S/C17H11N2.C5H8O2.Ir/c1-2-7-13(8-3-1)19-15-10-5-4-9-14(15)17-16(19)11-6-12-18-17;1-4(6)3-5(2)7;/h1-8,10-12H;3,6H,1-2H3;/q-1;;/b;4-3-;. The number of hydrogen-bond acceptors (Lipinski definition) is 3. The van der Waals surface area contributed by atoms with Crippen LogP contribution in [-0.4, -0.2) is 20.4 Å². The molecule has 0 aliphatic carbocycles. The molecular weight excluding hydrogens is 516 g/mol. The first-order valence-corrected chi connectivity index (χ1v) is 8.27. The van der Waals surface area contributed by atoms with Crippen LogP contribution in [0, 0.1) is 6.07 Å². The van der Waals surface area contributed by atoms with Crippen LogP contribution >= 0.6 is 0 Å². The van der Waals surface area contributed by atoms with Crippen molar-refractivity contribution in [2.45, 2.75) is 13.8 Å². The zero-order valence-corrected chi connectivity index (χ0v) is 17.4. The quantitative estimate of drug-likeness (QED) is 0.223. The van der Waals surface area contributed by atoms with E-state index in [9.17, 15) is 4.79 Å². The molecule has 4 aromatic rings. The third kappa shape index (κ3) is 4.70. The summed E-state index contributed by atoms with van der Waals surface area (Å²) < 4.78 is 2.23. The van der Waals surface area contributed by atoms with Crippen molar-refractivity contribution >= 4 is 27.7 Å². The minimum atomic E-state index is -0.125. The SMILES string of the molecule is CC(=O)/C=C(/C)O.[Ir].[c-]1cccc2c1c1ncccc1n2-c1ccccc1. The first kappa shape index (κ1) is 20.6. The summed E-state index contributed by atoms with van der Waals surface area (Å²) in [6, 6.07) is 23.8. The summed E-state index contributed by atoms with van der Waals surface area (Å²) in [6.07, 6.45) is 3.00. The third-order valence-electron chi connectivity index (χ3n) is 3.77. The average Bonchev–Trinajstić information content (AvgIpc) is 2.96. The molecule has 2 aromatic heterocycles. The molecular formula is C22H19IrN2O2-. The minimum absolute atomic E-state index is 0. The van der Waals surface area contributed by atoms with Crippen LogP contribution in [0.1, 0.15) is 13.8 Å². The van der Waals surface area contributed by atoms with Gasteiger partial charge in [0.2, 0.25) is 0 Å². The summed E-state index contributed by atoms with van der Waals surface area (Å²) in [6.45, 7) is 2.85. The molecule has 0 aliphatic heterocycles. The number of carbonyl (C=O) groups excluding carboxylic acids is 1. The molecule has 5 heteroatoms. The van der Waals surface area contributed by atoms with E-state index in [0.717, 1.165) is 27.6 Å². The van der Waals surface area contributed by atoms with Crippen LogP contribution < -0.4 is 0 Å². The number of benzene rings is 2. The van der Waals surface area contributed by atoms with Crippen LogP contribution in [0.4, 0.5) is 0 Å². The Labute approximate surface area is 171 Å². The van der Waals surface area contributed by atoms with Crippen LogP contribution in [0.5, 0.6) is 0 Å². The monoisotopic (exact) mass is 536 g/mol. The Morgan fingerprint density at radius 2 is 1.74 bits per heavy atom. The van der Waals surface area contributed by atoms with Gasteiger partial charge in [0.1, 0.15) is 0 Å². The average molecular weight is 536 g/mol. The second kappa shape index (κ2) is 9.26. The van der Waals surface area contributed by atoms with Gasteiger partial charge in [-0.05, 0) is 43.6 Å². The van der Waals surface area contributed by atoms with Crippen LogP contribution in [0.2, 0.25) is 0 Å². The van der Waals surface area contributed by atoms with Crippen molar-refractivity contribution in [3.63, 3.8) is 0 Å². The number of rotatable bonds is 2. The number of para-hydroxylation sites is 1. The number of hydrogen-bond donors (Lipinski definition) is 1. The second-order valence-electron chi connectivity index (χ2n) is 5.87. The van der Waals surface area contributed by atoms with Crippen molar-refractivity contribution < 1.29 is 30.0 Å². The van der Waals surface area contributed by atoms with Crippen molar-refractivity contribution in [2.24, 2.45) is 0 Å². The summed E-state index contributed by atoms with van der Waals surface area (Å²) in [7, 11) is 0. The van der Waals surface area contributed by atoms with Crippen molar-refractivity contribution in [3.05, 3.63) is 84.8 Å². The van der Waals surface area contributed by atoms with Gasteiger partial charge < -0.3 is 14.7 Å². The maximum Gasteiger partial charge on any atom is 0.155 e. The van der Waals surface area contributed by atoms with Crippen LogP contribution in [-0.2, 0) is 24.9 Å². The van der Waals surface area contributed by atoms with E-state index in [1.807, 2.05) is 30.5 Å². The fourth-order valence-electron chi connectivity index (χ4n) is 2.85. The van der Waals surface area contributed by atoms with E-state index in [1.165, 1.54) is 19.9 Å². The van der Waals surface area contributed by atoms with Gasteiger partial charge in [0, 0.05) is 49.1 Å². The zero-order valence-electron chi connectivity index (χ0n) is 15.0. The minimum Gasteiger partial charge on any atom is -0.512 e. The predicted octanol–water partition coefficient (Wildman–Crippen LogP) is 5.01. The molecule has 1 N–H and O–H groups in total. The Morgan fingerprint density at radius 3 is 2.37 bits per heavy atom. The van der Waals surface area contributed by atoms with Crippen LogP contribution in [0.3, 0.4) is 0 Å². The van der Waals surface area contributed by atoms with Gasteiger partial charge in [0.05, 0.1) is 5.76 Å². The van der Waals surface area contributed by atoms with Gasteiger partial charge in [-0.15, -0.1) is 24.3 Å². The van der Waals surface area contributed by atoms with Gasteiger partial charge in [0.25, 0.3) is 0 Å². The van der Waals surface area contributed by atoms with Gasteiger partial charge in [-0.2, -0.15) is 0 Å².